The summed E-state index contributed by atoms with van der Waals surface area (Å²) in [4.78, 5) is 29.5. The maximum absolute atomic E-state index is 11.8. The predicted molar refractivity (Wildman–Crippen MR) is 86.8 cm³/mol. The monoisotopic (exact) mass is 332 g/mol. The van der Waals surface area contributed by atoms with Crippen LogP contribution in [0.2, 0.25) is 0 Å². The molecule has 1 aromatic heterocycles. The summed E-state index contributed by atoms with van der Waals surface area (Å²) in [6, 6.07) is 6.63. The van der Waals surface area contributed by atoms with Crippen molar-refractivity contribution >= 4 is 45.7 Å². The fraction of sp³-hybridized carbons (Fsp3) is 0.143. The van der Waals surface area contributed by atoms with E-state index in [9.17, 15) is 9.59 Å². The maximum Gasteiger partial charge on any atom is 0.315 e. The number of thiazole rings is 1. The Morgan fingerprint density at radius 2 is 1.82 bits per heavy atom. The van der Waals surface area contributed by atoms with Crippen LogP contribution in [0.15, 0.2) is 29.2 Å². The number of nitrogens with one attached hydrogen (secondary N) is 2. The Labute approximate surface area is 135 Å². The number of aromatic nitrogens is 1. The molecule has 0 fully saturated rings. The number of carbonyl (C=O) groups excluding carboxylic acids is 2. The molecule has 0 saturated heterocycles. The fourth-order valence-corrected chi connectivity index (χ4v) is 2.71. The van der Waals surface area contributed by atoms with Gasteiger partial charge < -0.3 is 5.32 Å². The summed E-state index contributed by atoms with van der Waals surface area (Å²) in [5.74, 6) is -1.55. The third-order valence-electron chi connectivity index (χ3n) is 2.73. The van der Waals surface area contributed by atoms with Gasteiger partial charge in [-0.15, -0.1) is 11.3 Å². The summed E-state index contributed by atoms with van der Waals surface area (Å²) in [6.45, 7) is 3.73. The largest absolute Gasteiger partial charge is 0.318 e. The summed E-state index contributed by atoms with van der Waals surface area (Å²) in [5.41, 5.74) is 1.31. The first-order valence-corrected chi connectivity index (χ1v) is 7.85. The van der Waals surface area contributed by atoms with Crippen molar-refractivity contribution in [1.29, 1.82) is 5.26 Å². The number of hydrogen-bond donors (Lipinski definition) is 2. The lowest BCUT2D eigenvalue weighted by atomic mass is 10.3. The third kappa shape index (κ3) is 4.07. The van der Waals surface area contributed by atoms with Crippen molar-refractivity contribution in [3.63, 3.8) is 0 Å². The summed E-state index contributed by atoms with van der Waals surface area (Å²) in [7, 11) is 0. The standard InChI is InChI=1S/C14H12N4O2S2/c1-8-9(2)22-14(16-8)18-13(20)12(19)17-10-3-5-11(6-4-10)21-7-15/h3-6H,1-2H3,(H,17,19)(H,16,18,20). The van der Waals surface area contributed by atoms with Crippen molar-refractivity contribution in [3.8, 4) is 5.40 Å². The summed E-state index contributed by atoms with van der Waals surface area (Å²) in [5, 5.41) is 15.9. The molecule has 1 heterocycles. The van der Waals surface area contributed by atoms with Gasteiger partial charge in [0.15, 0.2) is 5.13 Å². The fourth-order valence-electron chi connectivity index (χ4n) is 1.53. The van der Waals surface area contributed by atoms with Gasteiger partial charge in [-0.3, -0.25) is 14.9 Å². The number of nitriles is 1. The van der Waals surface area contributed by atoms with E-state index in [0.717, 1.165) is 27.2 Å². The molecule has 2 aromatic rings. The lowest BCUT2D eigenvalue weighted by Crippen LogP contribution is -2.29. The van der Waals surface area contributed by atoms with E-state index in [0.29, 0.717) is 10.8 Å². The second-order valence-electron chi connectivity index (χ2n) is 4.29. The number of thiocyanates is 1. The molecule has 0 aliphatic rings. The van der Waals surface area contributed by atoms with E-state index in [1.165, 1.54) is 11.3 Å². The number of hydrogen-bond acceptors (Lipinski definition) is 6. The minimum absolute atomic E-state index is 0.399. The van der Waals surface area contributed by atoms with Gasteiger partial charge in [0, 0.05) is 15.5 Å². The molecule has 0 aliphatic heterocycles. The average molecular weight is 332 g/mol. The molecule has 0 aliphatic carbocycles. The predicted octanol–water partition coefficient (Wildman–Crippen LogP) is 2.91. The van der Waals surface area contributed by atoms with Gasteiger partial charge in [-0.25, -0.2) is 4.98 Å². The Kier molecular flexibility index (Phi) is 5.14. The van der Waals surface area contributed by atoms with Gasteiger partial charge in [0.05, 0.1) is 5.69 Å². The van der Waals surface area contributed by atoms with Crippen molar-refractivity contribution in [2.75, 3.05) is 10.6 Å². The number of nitrogens with zero attached hydrogens (tertiary/aromatic N) is 2. The number of carbonyl (C=O) groups is 2. The number of rotatable bonds is 3. The van der Waals surface area contributed by atoms with Crippen LogP contribution in [0.25, 0.3) is 0 Å². The molecule has 2 amide bonds. The molecule has 0 unspecified atom stereocenters. The van der Waals surface area contributed by atoms with Gasteiger partial charge in [0.25, 0.3) is 0 Å². The molecule has 2 N–H and O–H groups in total. The van der Waals surface area contributed by atoms with Crippen molar-refractivity contribution in [3.05, 3.63) is 34.8 Å². The summed E-state index contributed by atoms with van der Waals surface area (Å²) in [6.07, 6.45) is 0. The molecular formula is C14H12N4O2S2. The van der Waals surface area contributed by atoms with Crippen LogP contribution in [0.4, 0.5) is 10.8 Å². The minimum atomic E-state index is -0.774. The van der Waals surface area contributed by atoms with Crippen LogP contribution in [-0.4, -0.2) is 16.8 Å². The zero-order chi connectivity index (χ0) is 16.1. The highest BCUT2D eigenvalue weighted by atomic mass is 32.2. The first kappa shape index (κ1) is 16.0. The van der Waals surface area contributed by atoms with E-state index in [4.69, 9.17) is 5.26 Å². The van der Waals surface area contributed by atoms with Crippen molar-refractivity contribution in [2.45, 2.75) is 18.7 Å². The van der Waals surface area contributed by atoms with Gasteiger partial charge >= 0.3 is 11.8 Å². The van der Waals surface area contributed by atoms with E-state index in [-0.39, 0.29) is 0 Å². The van der Waals surface area contributed by atoms with E-state index >= 15 is 0 Å². The molecule has 8 heteroatoms. The Bertz CT molecular complexity index is 728. The molecule has 1 aromatic carbocycles. The number of amides is 2. The van der Waals surface area contributed by atoms with Crippen molar-refractivity contribution in [2.24, 2.45) is 0 Å². The van der Waals surface area contributed by atoms with Crippen LogP contribution in [0.1, 0.15) is 10.6 Å². The van der Waals surface area contributed by atoms with E-state index < -0.39 is 11.8 Å². The quantitative estimate of drug-likeness (QED) is 0.512. The van der Waals surface area contributed by atoms with Gasteiger partial charge in [0.1, 0.15) is 5.40 Å². The number of anilines is 2. The highest BCUT2D eigenvalue weighted by Gasteiger charge is 2.16. The average Bonchev–Trinajstić information content (AvgIpc) is 2.79. The van der Waals surface area contributed by atoms with Crippen LogP contribution in [0.3, 0.4) is 0 Å². The number of aryl methyl sites for hydroxylation is 2. The number of thioether (sulfide) groups is 1. The zero-order valence-corrected chi connectivity index (χ0v) is 13.5. The number of benzene rings is 1. The summed E-state index contributed by atoms with van der Waals surface area (Å²) >= 11 is 2.34. The van der Waals surface area contributed by atoms with Crippen LogP contribution < -0.4 is 10.6 Å². The third-order valence-corrected chi connectivity index (χ3v) is 4.32. The Morgan fingerprint density at radius 3 is 2.36 bits per heavy atom. The SMILES string of the molecule is Cc1nc(NC(=O)C(=O)Nc2ccc(SC#N)cc2)sc1C. The van der Waals surface area contributed by atoms with Crippen molar-refractivity contribution < 1.29 is 9.59 Å². The van der Waals surface area contributed by atoms with Crippen LogP contribution in [0.5, 0.6) is 0 Å². The van der Waals surface area contributed by atoms with E-state index in [1.54, 1.807) is 24.3 Å². The Morgan fingerprint density at radius 1 is 1.18 bits per heavy atom. The van der Waals surface area contributed by atoms with Crippen LogP contribution in [-0.2, 0) is 9.59 Å². The lowest BCUT2D eigenvalue weighted by Gasteiger charge is -2.05. The normalized spacial score (nSPS) is 9.86. The molecule has 2 rings (SSSR count). The molecule has 6 nitrogen and oxygen atoms in total. The van der Waals surface area contributed by atoms with E-state index in [1.807, 2.05) is 19.2 Å². The van der Waals surface area contributed by atoms with Gasteiger partial charge in [-0.1, -0.05) is 0 Å². The van der Waals surface area contributed by atoms with Crippen LogP contribution >= 0.6 is 23.1 Å². The maximum atomic E-state index is 11.8. The van der Waals surface area contributed by atoms with Gasteiger partial charge in [-0.2, -0.15) is 5.26 Å². The first-order valence-electron chi connectivity index (χ1n) is 6.22. The minimum Gasteiger partial charge on any atom is -0.318 e. The molecule has 0 bridgehead atoms. The van der Waals surface area contributed by atoms with Gasteiger partial charge in [0.2, 0.25) is 0 Å². The molecule has 112 valence electrons. The van der Waals surface area contributed by atoms with Crippen LogP contribution in [0, 0.1) is 24.5 Å². The molecule has 22 heavy (non-hydrogen) atoms. The second kappa shape index (κ2) is 7.06. The lowest BCUT2D eigenvalue weighted by molar-refractivity contribution is -0.132. The Balaban J connectivity index is 1.96. The zero-order valence-electron chi connectivity index (χ0n) is 11.8. The van der Waals surface area contributed by atoms with E-state index in [2.05, 4.69) is 15.6 Å². The molecule has 0 atom stereocenters. The molecule has 0 saturated carbocycles. The smallest absolute Gasteiger partial charge is 0.315 e. The van der Waals surface area contributed by atoms with Crippen molar-refractivity contribution in [1.82, 2.24) is 4.98 Å². The second-order valence-corrected chi connectivity index (χ2v) is 6.35. The molecule has 0 spiro atoms. The highest BCUT2D eigenvalue weighted by molar-refractivity contribution is 8.03. The first-order chi connectivity index (χ1) is 10.5. The molecule has 0 radical (unpaired) electrons. The molecular weight excluding hydrogens is 320 g/mol. The van der Waals surface area contributed by atoms with Gasteiger partial charge in [-0.05, 0) is 49.9 Å². The summed E-state index contributed by atoms with van der Waals surface area (Å²) < 4.78 is 0. The topological polar surface area (TPSA) is 94.9 Å². The Hall–Kier alpha value is -2.37. The highest BCUT2D eigenvalue weighted by Crippen LogP contribution is 2.21.